The summed E-state index contributed by atoms with van der Waals surface area (Å²) in [5.41, 5.74) is 4.55. The zero-order valence-corrected chi connectivity index (χ0v) is 10.2. The monoisotopic (exact) mass is 263 g/mol. The molecule has 3 nitrogen and oxygen atoms in total. The van der Waals surface area contributed by atoms with Gasteiger partial charge >= 0.3 is 6.18 Å². The van der Waals surface area contributed by atoms with E-state index in [1.54, 1.807) is 0 Å². The van der Waals surface area contributed by atoms with Crippen molar-refractivity contribution >= 4 is 5.69 Å². The van der Waals surface area contributed by atoms with E-state index < -0.39 is 17.8 Å². The molecule has 18 heavy (non-hydrogen) atoms. The van der Waals surface area contributed by atoms with Gasteiger partial charge in [0.1, 0.15) is 12.4 Å². The van der Waals surface area contributed by atoms with Gasteiger partial charge in [-0.15, -0.1) is 0 Å². The topological polar surface area (TPSA) is 55.5 Å². The van der Waals surface area contributed by atoms with Gasteiger partial charge in [-0.1, -0.05) is 13.8 Å². The lowest BCUT2D eigenvalue weighted by Gasteiger charge is -2.17. The molecular weight excluding hydrogens is 247 g/mol. The number of hydrogen-bond donors (Lipinski definition) is 2. The van der Waals surface area contributed by atoms with Gasteiger partial charge < -0.3 is 15.6 Å². The maximum atomic E-state index is 12.4. The third-order valence-electron chi connectivity index (χ3n) is 2.52. The molecule has 0 aliphatic rings. The number of ether oxygens (including phenoxy) is 1. The van der Waals surface area contributed by atoms with Gasteiger partial charge in [0.25, 0.3) is 0 Å². The average molecular weight is 263 g/mol. The van der Waals surface area contributed by atoms with Crippen molar-refractivity contribution in [2.75, 3.05) is 12.3 Å². The Morgan fingerprint density at radius 1 is 1.33 bits per heavy atom. The van der Waals surface area contributed by atoms with Crippen molar-refractivity contribution in [1.29, 1.82) is 0 Å². The second kappa shape index (κ2) is 5.48. The summed E-state index contributed by atoms with van der Waals surface area (Å²) in [4.78, 5) is 0. The van der Waals surface area contributed by atoms with Gasteiger partial charge in [-0.25, -0.2) is 0 Å². The third kappa shape index (κ3) is 3.80. The molecule has 1 rings (SSSR count). The van der Waals surface area contributed by atoms with Gasteiger partial charge in [0.2, 0.25) is 0 Å². The smallest absolute Gasteiger partial charge is 0.416 e. The van der Waals surface area contributed by atoms with Crippen molar-refractivity contribution in [3.63, 3.8) is 0 Å². The van der Waals surface area contributed by atoms with Crippen molar-refractivity contribution in [3.8, 4) is 5.75 Å². The summed E-state index contributed by atoms with van der Waals surface area (Å²) in [6.07, 6.45) is -5.11. The fourth-order valence-electron chi connectivity index (χ4n) is 1.22. The van der Waals surface area contributed by atoms with Crippen LogP contribution in [0.1, 0.15) is 19.4 Å². The first kappa shape index (κ1) is 14.6. The highest BCUT2D eigenvalue weighted by Gasteiger charge is 2.31. The first-order valence-corrected chi connectivity index (χ1v) is 5.49. The number of alkyl halides is 3. The molecule has 0 bridgehead atoms. The van der Waals surface area contributed by atoms with E-state index in [1.165, 1.54) is 0 Å². The van der Waals surface area contributed by atoms with Crippen LogP contribution in [0.25, 0.3) is 0 Å². The summed E-state index contributed by atoms with van der Waals surface area (Å²) in [7, 11) is 0. The molecule has 1 atom stereocenters. The molecule has 6 heteroatoms. The summed E-state index contributed by atoms with van der Waals surface area (Å²) in [5, 5.41) is 9.52. The Hall–Kier alpha value is -1.43. The van der Waals surface area contributed by atoms with E-state index in [0.717, 1.165) is 18.2 Å². The molecule has 3 N–H and O–H groups in total. The SMILES string of the molecule is CC(C)C(O)COc1ccc(C(F)(F)F)cc1N. The number of hydrogen-bond acceptors (Lipinski definition) is 3. The molecule has 0 heterocycles. The Labute approximate surface area is 103 Å². The summed E-state index contributed by atoms with van der Waals surface area (Å²) in [6, 6.07) is 2.87. The normalized spacial score (nSPS) is 13.7. The van der Waals surface area contributed by atoms with Gasteiger partial charge in [0, 0.05) is 0 Å². The lowest BCUT2D eigenvalue weighted by atomic mass is 10.1. The van der Waals surface area contributed by atoms with E-state index >= 15 is 0 Å². The first-order chi connectivity index (χ1) is 8.21. The minimum Gasteiger partial charge on any atom is -0.489 e. The largest absolute Gasteiger partial charge is 0.489 e. The van der Waals surface area contributed by atoms with Gasteiger partial charge in [-0.2, -0.15) is 13.2 Å². The molecule has 0 aromatic heterocycles. The Balaban J connectivity index is 2.75. The van der Waals surface area contributed by atoms with Gasteiger partial charge in [-0.3, -0.25) is 0 Å². The van der Waals surface area contributed by atoms with Crippen LogP contribution in [-0.2, 0) is 6.18 Å². The van der Waals surface area contributed by atoms with Crippen LogP contribution in [0.2, 0.25) is 0 Å². The molecule has 0 saturated heterocycles. The molecule has 1 aromatic rings. The van der Waals surface area contributed by atoms with Crippen LogP contribution in [0.4, 0.5) is 18.9 Å². The molecule has 0 radical (unpaired) electrons. The fourth-order valence-corrected chi connectivity index (χ4v) is 1.22. The Morgan fingerprint density at radius 2 is 1.94 bits per heavy atom. The highest BCUT2D eigenvalue weighted by atomic mass is 19.4. The molecule has 0 fully saturated rings. The van der Waals surface area contributed by atoms with Gasteiger partial charge in [-0.05, 0) is 24.1 Å². The van der Waals surface area contributed by atoms with Crippen LogP contribution >= 0.6 is 0 Å². The number of nitrogen functional groups attached to an aromatic ring is 1. The van der Waals surface area contributed by atoms with Crippen molar-refractivity contribution in [2.24, 2.45) is 5.92 Å². The second-order valence-electron chi connectivity index (χ2n) is 4.37. The molecule has 0 aliphatic heterocycles. The van der Waals surface area contributed by atoms with Crippen LogP contribution in [0, 0.1) is 5.92 Å². The van der Waals surface area contributed by atoms with Crippen molar-refractivity contribution < 1.29 is 23.0 Å². The molecule has 1 aromatic carbocycles. The number of anilines is 1. The standard InChI is InChI=1S/C12H16F3NO2/c1-7(2)10(17)6-18-11-4-3-8(5-9(11)16)12(13,14)15/h3-5,7,10,17H,6,16H2,1-2H3. The number of aliphatic hydroxyl groups is 1. The quantitative estimate of drug-likeness (QED) is 0.821. The molecule has 0 saturated carbocycles. The number of aliphatic hydroxyl groups excluding tert-OH is 1. The summed E-state index contributed by atoms with van der Waals surface area (Å²) in [6.45, 7) is 3.61. The molecular formula is C12H16F3NO2. The summed E-state index contributed by atoms with van der Waals surface area (Å²) in [5.74, 6) is 0.142. The number of benzene rings is 1. The van der Waals surface area contributed by atoms with Crippen molar-refractivity contribution in [1.82, 2.24) is 0 Å². The van der Waals surface area contributed by atoms with Crippen LogP contribution in [0.5, 0.6) is 5.75 Å². The fraction of sp³-hybridized carbons (Fsp3) is 0.500. The van der Waals surface area contributed by atoms with Gasteiger partial charge in [0.15, 0.2) is 0 Å². The zero-order chi connectivity index (χ0) is 13.9. The number of rotatable bonds is 4. The Morgan fingerprint density at radius 3 is 2.39 bits per heavy atom. The first-order valence-electron chi connectivity index (χ1n) is 5.49. The molecule has 1 unspecified atom stereocenters. The molecule has 0 aliphatic carbocycles. The third-order valence-corrected chi connectivity index (χ3v) is 2.52. The van der Waals surface area contributed by atoms with E-state index in [9.17, 15) is 18.3 Å². The minimum absolute atomic E-state index is 0.000623. The lowest BCUT2D eigenvalue weighted by molar-refractivity contribution is -0.137. The van der Waals surface area contributed by atoms with E-state index in [4.69, 9.17) is 10.5 Å². The number of nitrogens with two attached hydrogens (primary N) is 1. The second-order valence-corrected chi connectivity index (χ2v) is 4.37. The van der Waals surface area contributed by atoms with Crippen molar-refractivity contribution in [3.05, 3.63) is 23.8 Å². The van der Waals surface area contributed by atoms with E-state index in [2.05, 4.69) is 0 Å². The highest BCUT2D eigenvalue weighted by Crippen LogP contribution is 2.33. The molecule has 0 amide bonds. The van der Waals surface area contributed by atoms with Crippen LogP contribution < -0.4 is 10.5 Å². The Kier molecular flexibility index (Phi) is 4.45. The van der Waals surface area contributed by atoms with Crippen LogP contribution in [0.3, 0.4) is 0 Å². The average Bonchev–Trinajstić information content (AvgIpc) is 2.25. The van der Waals surface area contributed by atoms with E-state index in [-0.39, 0.29) is 24.0 Å². The van der Waals surface area contributed by atoms with E-state index in [1.807, 2.05) is 13.8 Å². The van der Waals surface area contributed by atoms with E-state index in [0.29, 0.717) is 0 Å². The predicted octanol–water partition coefficient (Wildman–Crippen LogP) is 2.68. The zero-order valence-electron chi connectivity index (χ0n) is 10.2. The van der Waals surface area contributed by atoms with Crippen molar-refractivity contribution in [2.45, 2.75) is 26.1 Å². The van der Waals surface area contributed by atoms with Crippen LogP contribution in [0.15, 0.2) is 18.2 Å². The van der Waals surface area contributed by atoms with Crippen LogP contribution in [-0.4, -0.2) is 17.8 Å². The minimum atomic E-state index is -4.43. The lowest BCUT2D eigenvalue weighted by Crippen LogP contribution is -2.23. The summed E-state index contributed by atoms with van der Waals surface area (Å²) < 4.78 is 42.3. The maximum absolute atomic E-state index is 12.4. The summed E-state index contributed by atoms with van der Waals surface area (Å²) >= 11 is 0. The molecule has 0 spiro atoms. The predicted molar refractivity (Wildman–Crippen MR) is 62.2 cm³/mol. The van der Waals surface area contributed by atoms with Gasteiger partial charge in [0.05, 0.1) is 17.4 Å². The Bertz CT molecular complexity index is 405. The number of halogens is 3. The maximum Gasteiger partial charge on any atom is 0.416 e. The molecule has 102 valence electrons. The highest BCUT2D eigenvalue weighted by molar-refractivity contribution is 5.54.